The average Bonchev–Trinajstić information content (AvgIpc) is 2.80. The molecule has 0 spiro atoms. The van der Waals surface area contributed by atoms with Gasteiger partial charge in [0.1, 0.15) is 0 Å². The molecule has 0 aliphatic rings. The molecule has 0 heterocycles. The summed E-state index contributed by atoms with van der Waals surface area (Å²) >= 11 is 0. The number of ether oxygens (including phenoxy) is 1. The fourth-order valence-electron chi connectivity index (χ4n) is 2.78. The molecular formula is C25H27F2O5S2+. The molecule has 0 N–H and O–H groups in total. The zero-order chi connectivity index (χ0) is 25.4. The molecule has 0 bridgehead atoms. The fraction of sp³-hybridized carbons (Fsp3) is 0.240. The zero-order valence-corrected chi connectivity index (χ0v) is 20.9. The standard InChI is InChI=1S/C22H23S.C3H4F2O5S/c1-22(2,3)18-14-16-21(17-15-18)23(19-10-6-4-7-11-19)20-12-8-5-9-13-20;1-9-3(6)10-11(7,8)2(4)5/h4-17H,1-3H3;2H,1H3/q+1;. The van der Waals surface area contributed by atoms with Gasteiger partial charge in [0.25, 0.3) is 0 Å². The van der Waals surface area contributed by atoms with Crippen molar-refractivity contribution in [3.63, 3.8) is 0 Å². The van der Waals surface area contributed by atoms with Crippen molar-refractivity contribution in [3.05, 3.63) is 90.5 Å². The number of alkyl halides is 2. The molecular weight excluding hydrogens is 482 g/mol. The van der Waals surface area contributed by atoms with Gasteiger partial charge in [-0.05, 0) is 47.4 Å². The fourth-order valence-corrected chi connectivity index (χ4v) is 5.19. The first-order valence-electron chi connectivity index (χ1n) is 10.2. The van der Waals surface area contributed by atoms with Gasteiger partial charge in [-0.3, -0.25) is 0 Å². The molecule has 5 nitrogen and oxygen atoms in total. The van der Waals surface area contributed by atoms with Crippen molar-refractivity contribution in [1.82, 2.24) is 0 Å². The van der Waals surface area contributed by atoms with Crippen LogP contribution in [0.25, 0.3) is 0 Å². The van der Waals surface area contributed by atoms with E-state index in [-0.39, 0.29) is 16.3 Å². The lowest BCUT2D eigenvalue weighted by Gasteiger charge is -2.19. The molecule has 0 amide bonds. The van der Waals surface area contributed by atoms with Crippen LogP contribution in [0.2, 0.25) is 0 Å². The highest BCUT2D eigenvalue weighted by Crippen LogP contribution is 2.32. The zero-order valence-electron chi connectivity index (χ0n) is 19.3. The number of halogens is 2. The van der Waals surface area contributed by atoms with E-state index in [1.807, 2.05) is 0 Å². The summed E-state index contributed by atoms with van der Waals surface area (Å²) in [5.74, 6) is -3.75. The van der Waals surface area contributed by atoms with E-state index in [1.54, 1.807) is 0 Å². The summed E-state index contributed by atoms with van der Waals surface area (Å²) in [5, 5.41) is 0. The summed E-state index contributed by atoms with van der Waals surface area (Å²) in [6.45, 7) is 6.78. The average molecular weight is 510 g/mol. The summed E-state index contributed by atoms with van der Waals surface area (Å²) in [5.41, 5.74) is 1.57. The number of hydrogen-bond donors (Lipinski definition) is 0. The lowest BCUT2D eigenvalue weighted by Crippen LogP contribution is -2.19. The molecule has 0 saturated carbocycles. The summed E-state index contributed by atoms with van der Waals surface area (Å²) in [4.78, 5) is 14.1. The van der Waals surface area contributed by atoms with Crippen LogP contribution in [0.1, 0.15) is 26.3 Å². The lowest BCUT2D eigenvalue weighted by molar-refractivity contribution is 0.116. The third kappa shape index (κ3) is 7.85. The van der Waals surface area contributed by atoms with E-state index in [0.717, 1.165) is 7.11 Å². The molecule has 182 valence electrons. The molecule has 34 heavy (non-hydrogen) atoms. The van der Waals surface area contributed by atoms with Crippen molar-refractivity contribution in [3.8, 4) is 0 Å². The normalized spacial score (nSPS) is 11.5. The smallest absolute Gasteiger partial charge is 0.437 e. The van der Waals surface area contributed by atoms with Crippen LogP contribution in [0.5, 0.6) is 0 Å². The highest BCUT2D eigenvalue weighted by molar-refractivity contribution is 7.97. The quantitative estimate of drug-likeness (QED) is 0.226. The summed E-state index contributed by atoms with van der Waals surface area (Å²) < 4.78 is 49.7. The third-order valence-electron chi connectivity index (χ3n) is 4.48. The van der Waals surface area contributed by atoms with Crippen LogP contribution in [0.15, 0.2) is 99.6 Å². The van der Waals surface area contributed by atoms with Gasteiger partial charge in [-0.15, -0.1) is 0 Å². The maximum atomic E-state index is 11.4. The summed E-state index contributed by atoms with van der Waals surface area (Å²) in [7, 11) is -4.37. The minimum absolute atomic E-state index is 0.0497. The maximum absolute atomic E-state index is 11.4. The van der Waals surface area contributed by atoms with Crippen molar-refractivity contribution < 1.29 is 30.9 Å². The van der Waals surface area contributed by atoms with Crippen molar-refractivity contribution >= 4 is 27.2 Å². The van der Waals surface area contributed by atoms with Gasteiger partial charge in [-0.1, -0.05) is 69.3 Å². The predicted molar refractivity (Wildman–Crippen MR) is 129 cm³/mol. The Bertz CT molecular complexity index is 1110. The van der Waals surface area contributed by atoms with E-state index >= 15 is 0 Å². The van der Waals surface area contributed by atoms with Gasteiger partial charge in [0, 0.05) is 0 Å². The second-order valence-corrected chi connectivity index (χ2v) is 11.5. The first-order chi connectivity index (χ1) is 16.0. The van der Waals surface area contributed by atoms with Crippen molar-refractivity contribution in [2.75, 3.05) is 7.11 Å². The number of benzene rings is 3. The van der Waals surface area contributed by atoms with Crippen LogP contribution < -0.4 is 0 Å². The molecule has 3 aromatic carbocycles. The third-order valence-corrected chi connectivity index (χ3v) is 7.52. The summed E-state index contributed by atoms with van der Waals surface area (Å²) in [6, 6.07) is 30.7. The minimum atomic E-state index is -5.12. The number of carbonyl (C=O) groups excluding carboxylic acids is 1. The molecule has 0 aliphatic heterocycles. The molecule has 3 rings (SSSR count). The summed E-state index contributed by atoms with van der Waals surface area (Å²) in [6.07, 6.45) is -1.69. The van der Waals surface area contributed by atoms with Gasteiger partial charge in [0.15, 0.2) is 14.7 Å². The Labute approximate surface area is 202 Å². The Morgan fingerprint density at radius 2 is 1.21 bits per heavy atom. The molecule has 0 aromatic heterocycles. The SMILES string of the molecule is CC(C)(C)c1ccc([S+](c2ccccc2)c2ccccc2)cc1.COC(=O)OS(=O)(=O)C(F)F. The first-order valence-corrected chi connectivity index (χ1v) is 12.9. The van der Waals surface area contributed by atoms with E-state index in [0.29, 0.717) is 0 Å². The van der Waals surface area contributed by atoms with Gasteiger partial charge < -0.3 is 8.92 Å². The van der Waals surface area contributed by atoms with Crippen LogP contribution in [0, 0.1) is 0 Å². The Balaban J connectivity index is 0.000000316. The van der Waals surface area contributed by atoms with Crippen molar-refractivity contribution in [2.24, 2.45) is 0 Å². The molecule has 9 heteroatoms. The van der Waals surface area contributed by atoms with Gasteiger partial charge in [-0.25, -0.2) is 4.79 Å². The monoisotopic (exact) mass is 509 g/mol. The molecule has 0 atom stereocenters. The Morgan fingerprint density at radius 3 is 1.56 bits per heavy atom. The van der Waals surface area contributed by atoms with E-state index in [4.69, 9.17) is 0 Å². The van der Waals surface area contributed by atoms with Crippen LogP contribution in [0.3, 0.4) is 0 Å². The minimum Gasteiger partial charge on any atom is -0.437 e. The number of methoxy groups -OCH3 is 1. The molecule has 0 saturated heterocycles. The Morgan fingerprint density at radius 1 is 0.794 bits per heavy atom. The van der Waals surface area contributed by atoms with E-state index in [2.05, 4.69) is 115 Å². The molecule has 0 fully saturated rings. The van der Waals surface area contributed by atoms with Crippen LogP contribution in [0.4, 0.5) is 13.6 Å². The van der Waals surface area contributed by atoms with E-state index < -0.39 is 22.0 Å². The van der Waals surface area contributed by atoms with Crippen LogP contribution in [-0.4, -0.2) is 27.4 Å². The van der Waals surface area contributed by atoms with Gasteiger partial charge >= 0.3 is 22.0 Å². The molecule has 3 aromatic rings. The lowest BCUT2D eigenvalue weighted by atomic mass is 9.87. The highest BCUT2D eigenvalue weighted by Gasteiger charge is 2.30. The second kappa shape index (κ2) is 12.0. The van der Waals surface area contributed by atoms with E-state index in [1.165, 1.54) is 20.2 Å². The van der Waals surface area contributed by atoms with Crippen LogP contribution >= 0.6 is 0 Å². The Hall–Kier alpha value is -2.91. The van der Waals surface area contributed by atoms with Gasteiger partial charge in [0.05, 0.1) is 18.0 Å². The number of carbonyl (C=O) groups is 1. The Kier molecular flexibility index (Phi) is 9.64. The van der Waals surface area contributed by atoms with Gasteiger partial charge in [-0.2, -0.15) is 17.2 Å². The molecule has 0 radical (unpaired) electrons. The van der Waals surface area contributed by atoms with Crippen molar-refractivity contribution in [2.45, 2.75) is 46.6 Å². The number of hydrogen-bond acceptors (Lipinski definition) is 5. The van der Waals surface area contributed by atoms with Crippen molar-refractivity contribution in [1.29, 1.82) is 0 Å². The second-order valence-electron chi connectivity index (χ2n) is 8.00. The maximum Gasteiger partial charge on any atom is 0.524 e. The van der Waals surface area contributed by atoms with Gasteiger partial charge in [0.2, 0.25) is 0 Å². The largest absolute Gasteiger partial charge is 0.524 e. The molecule has 0 aliphatic carbocycles. The molecule has 0 unspecified atom stereocenters. The van der Waals surface area contributed by atoms with Crippen LogP contribution in [-0.2, 0) is 35.3 Å². The first kappa shape index (κ1) is 27.3. The number of rotatable bonds is 5. The topological polar surface area (TPSA) is 69.7 Å². The van der Waals surface area contributed by atoms with E-state index in [9.17, 15) is 22.0 Å². The predicted octanol–water partition coefficient (Wildman–Crippen LogP) is 6.40. The highest BCUT2D eigenvalue weighted by atomic mass is 32.2.